The summed E-state index contributed by atoms with van der Waals surface area (Å²) in [5.74, 6) is 0. The van der Waals surface area contributed by atoms with E-state index in [1.165, 1.54) is 0 Å². The molecule has 0 spiro atoms. The number of benzene rings is 3. The van der Waals surface area contributed by atoms with Crippen LogP contribution in [-0.2, 0) is 38.8 Å². The smallest absolute Gasteiger partial charge is 0.116 e. The molecule has 1 aliphatic heterocycles. The SMILES string of the molecule is C=C[C@@H]1O[C@H](COCc2ccccc2)[C@@H](OCc2ccccc2)[C@@H]1OCc1ccccc1. The van der Waals surface area contributed by atoms with Gasteiger partial charge in [0.05, 0.1) is 26.4 Å². The minimum Gasteiger partial charge on any atom is -0.374 e. The van der Waals surface area contributed by atoms with E-state index in [0.717, 1.165) is 16.7 Å². The van der Waals surface area contributed by atoms with Gasteiger partial charge in [0.2, 0.25) is 0 Å². The van der Waals surface area contributed by atoms with Gasteiger partial charge in [-0.05, 0) is 16.7 Å². The Bertz CT molecular complexity index is 929. The molecule has 0 aromatic heterocycles. The molecule has 0 saturated carbocycles. The van der Waals surface area contributed by atoms with Crippen molar-refractivity contribution in [2.24, 2.45) is 0 Å². The lowest BCUT2D eigenvalue weighted by Gasteiger charge is -2.24. The first kappa shape index (κ1) is 22.4. The summed E-state index contributed by atoms with van der Waals surface area (Å²) < 4.78 is 24.9. The van der Waals surface area contributed by atoms with E-state index in [1.54, 1.807) is 6.08 Å². The molecule has 3 aromatic carbocycles. The van der Waals surface area contributed by atoms with Crippen molar-refractivity contribution in [2.75, 3.05) is 6.61 Å². The van der Waals surface area contributed by atoms with Gasteiger partial charge in [0.1, 0.15) is 24.4 Å². The fourth-order valence-electron chi connectivity index (χ4n) is 3.87. The molecule has 3 aromatic rings. The largest absolute Gasteiger partial charge is 0.374 e. The zero-order chi connectivity index (χ0) is 22.0. The molecule has 1 aliphatic rings. The molecule has 0 aliphatic carbocycles. The summed E-state index contributed by atoms with van der Waals surface area (Å²) in [4.78, 5) is 0. The quantitative estimate of drug-likeness (QED) is 0.386. The van der Waals surface area contributed by atoms with Gasteiger partial charge in [0.25, 0.3) is 0 Å². The second-order valence-corrected chi connectivity index (χ2v) is 7.90. The molecule has 1 heterocycles. The molecule has 4 nitrogen and oxygen atoms in total. The average Bonchev–Trinajstić information content (AvgIpc) is 3.19. The molecule has 4 atom stereocenters. The number of rotatable bonds is 11. The fraction of sp³-hybridized carbons (Fsp3) is 0.286. The van der Waals surface area contributed by atoms with E-state index >= 15 is 0 Å². The maximum atomic E-state index is 6.36. The van der Waals surface area contributed by atoms with Crippen LogP contribution in [0.1, 0.15) is 16.7 Å². The van der Waals surface area contributed by atoms with Crippen LogP contribution in [0.25, 0.3) is 0 Å². The lowest BCUT2D eigenvalue weighted by molar-refractivity contribution is -0.0896. The van der Waals surface area contributed by atoms with Crippen LogP contribution >= 0.6 is 0 Å². The Morgan fingerprint density at radius 1 is 0.656 bits per heavy atom. The molecule has 4 heteroatoms. The molecule has 0 N–H and O–H groups in total. The van der Waals surface area contributed by atoms with E-state index in [2.05, 4.69) is 43.0 Å². The van der Waals surface area contributed by atoms with Crippen molar-refractivity contribution in [3.63, 3.8) is 0 Å². The first-order valence-corrected chi connectivity index (χ1v) is 11.0. The van der Waals surface area contributed by atoms with Gasteiger partial charge in [-0.1, -0.05) is 97.1 Å². The van der Waals surface area contributed by atoms with E-state index in [1.807, 2.05) is 54.6 Å². The van der Waals surface area contributed by atoms with Crippen LogP contribution in [0.15, 0.2) is 104 Å². The third-order valence-electron chi connectivity index (χ3n) is 5.54. The average molecular weight is 431 g/mol. The third-order valence-corrected chi connectivity index (χ3v) is 5.54. The highest BCUT2D eigenvalue weighted by Gasteiger charge is 2.45. The topological polar surface area (TPSA) is 36.9 Å². The molecule has 166 valence electrons. The van der Waals surface area contributed by atoms with Crippen molar-refractivity contribution in [2.45, 2.75) is 44.2 Å². The van der Waals surface area contributed by atoms with E-state index < -0.39 is 0 Å². The summed E-state index contributed by atoms with van der Waals surface area (Å²) in [6, 6.07) is 30.4. The third kappa shape index (κ3) is 6.15. The predicted octanol–water partition coefficient (Wildman–Crippen LogP) is 5.33. The van der Waals surface area contributed by atoms with E-state index in [4.69, 9.17) is 18.9 Å². The van der Waals surface area contributed by atoms with Crippen LogP contribution in [0.5, 0.6) is 0 Å². The summed E-state index contributed by atoms with van der Waals surface area (Å²) in [6.07, 6.45) is 0.765. The molecular weight excluding hydrogens is 400 g/mol. The lowest BCUT2D eigenvalue weighted by Crippen LogP contribution is -2.38. The summed E-state index contributed by atoms with van der Waals surface area (Å²) >= 11 is 0. The van der Waals surface area contributed by atoms with Crippen LogP contribution in [-0.4, -0.2) is 31.0 Å². The van der Waals surface area contributed by atoms with E-state index in [9.17, 15) is 0 Å². The molecule has 0 amide bonds. The monoisotopic (exact) mass is 430 g/mol. The first-order chi connectivity index (χ1) is 15.8. The van der Waals surface area contributed by atoms with Gasteiger partial charge >= 0.3 is 0 Å². The maximum Gasteiger partial charge on any atom is 0.116 e. The van der Waals surface area contributed by atoms with Gasteiger partial charge < -0.3 is 18.9 Å². The van der Waals surface area contributed by atoms with Gasteiger partial charge in [0.15, 0.2) is 0 Å². The Balaban J connectivity index is 1.43. The lowest BCUT2D eigenvalue weighted by atomic mass is 10.1. The number of hydrogen-bond acceptors (Lipinski definition) is 4. The summed E-state index contributed by atoms with van der Waals surface area (Å²) in [7, 11) is 0. The Morgan fingerprint density at radius 2 is 1.12 bits per heavy atom. The van der Waals surface area contributed by atoms with Crippen molar-refractivity contribution in [3.8, 4) is 0 Å². The molecule has 1 saturated heterocycles. The summed E-state index contributed by atoms with van der Waals surface area (Å²) in [6.45, 7) is 5.88. The van der Waals surface area contributed by atoms with E-state index in [-0.39, 0.29) is 24.4 Å². The zero-order valence-corrected chi connectivity index (χ0v) is 18.2. The first-order valence-electron chi connectivity index (χ1n) is 11.0. The second-order valence-electron chi connectivity index (χ2n) is 7.90. The van der Waals surface area contributed by atoms with Gasteiger partial charge in [0, 0.05) is 0 Å². The molecule has 32 heavy (non-hydrogen) atoms. The minimum atomic E-state index is -0.266. The minimum absolute atomic E-state index is 0.244. The van der Waals surface area contributed by atoms with Gasteiger partial charge in [-0.2, -0.15) is 0 Å². The molecule has 0 unspecified atom stereocenters. The highest BCUT2D eigenvalue weighted by molar-refractivity contribution is 5.15. The Labute approximate surface area is 190 Å². The second kappa shape index (κ2) is 11.7. The van der Waals surface area contributed by atoms with Crippen molar-refractivity contribution < 1.29 is 18.9 Å². The predicted molar refractivity (Wildman–Crippen MR) is 125 cm³/mol. The summed E-state index contributed by atoms with van der Waals surface area (Å²) in [5, 5.41) is 0. The van der Waals surface area contributed by atoms with Crippen molar-refractivity contribution >= 4 is 0 Å². The Hall–Kier alpha value is -2.76. The fourth-order valence-corrected chi connectivity index (χ4v) is 3.87. The summed E-state index contributed by atoms with van der Waals surface area (Å²) in [5.41, 5.74) is 3.35. The zero-order valence-electron chi connectivity index (χ0n) is 18.2. The standard InChI is InChI=1S/C28H30O4/c1-2-25-27(30-19-23-14-8-4-9-15-23)28(31-20-24-16-10-5-11-17-24)26(32-25)21-29-18-22-12-6-3-7-13-22/h2-17,25-28H,1,18-21H2/t25-,26+,27+,28+/m0/s1. The molecular formula is C28H30O4. The van der Waals surface area contributed by atoms with Crippen LogP contribution < -0.4 is 0 Å². The van der Waals surface area contributed by atoms with Gasteiger partial charge in [-0.3, -0.25) is 0 Å². The van der Waals surface area contributed by atoms with Crippen molar-refractivity contribution in [1.82, 2.24) is 0 Å². The maximum absolute atomic E-state index is 6.36. The number of hydrogen-bond donors (Lipinski definition) is 0. The van der Waals surface area contributed by atoms with Gasteiger partial charge in [-0.25, -0.2) is 0 Å². The Morgan fingerprint density at radius 3 is 1.62 bits per heavy atom. The highest BCUT2D eigenvalue weighted by atomic mass is 16.6. The molecule has 0 bridgehead atoms. The van der Waals surface area contributed by atoms with Crippen LogP contribution in [0, 0.1) is 0 Å². The van der Waals surface area contributed by atoms with Crippen molar-refractivity contribution in [1.29, 1.82) is 0 Å². The molecule has 1 fully saturated rings. The Kier molecular flexibility index (Phi) is 8.23. The van der Waals surface area contributed by atoms with Crippen LogP contribution in [0.3, 0.4) is 0 Å². The van der Waals surface area contributed by atoms with Crippen LogP contribution in [0.2, 0.25) is 0 Å². The van der Waals surface area contributed by atoms with Crippen LogP contribution in [0.4, 0.5) is 0 Å². The van der Waals surface area contributed by atoms with Crippen molar-refractivity contribution in [3.05, 3.63) is 120 Å². The molecule has 0 radical (unpaired) electrons. The normalized spacial score (nSPS) is 22.6. The van der Waals surface area contributed by atoms with Gasteiger partial charge in [-0.15, -0.1) is 6.58 Å². The highest BCUT2D eigenvalue weighted by Crippen LogP contribution is 2.29. The number of ether oxygens (including phenoxy) is 4. The van der Waals surface area contributed by atoms with E-state index in [0.29, 0.717) is 26.4 Å². The molecule has 4 rings (SSSR count).